The molecule has 1 rings (SSSR count). The molecule has 0 aromatic carbocycles. The van der Waals surface area contributed by atoms with Crippen LogP contribution in [0, 0.1) is 16.4 Å². The lowest BCUT2D eigenvalue weighted by Gasteiger charge is -2.17. The van der Waals surface area contributed by atoms with Gasteiger partial charge in [-0.25, -0.2) is 4.68 Å². The van der Waals surface area contributed by atoms with E-state index in [1.165, 1.54) is 0 Å². The van der Waals surface area contributed by atoms with Gasteiger partial charge in [0, 0.05) is 0 Å². The molecule has 0 fully saturated rings. The quantitative estimate of drug-likeness (QED) is 0.852. The Morgan fingerprint density at radius 2 is 1.92 bits per heavy atom. The number of hydrogen-bond acceptors (Lipinski definition) is 2. The fourth-order valence-electron chi connectivity index (χ4n) is 1.14. The van der Waals surface area contributed by atoms with E-state index in [2.05, 4.69) is 48.5 Å². The predicted molar refractivity (Wildman–Crippen MR) is 63.6 cm³/mol. The number of hydrogen-bond donors (Lipinski definition) is 1. The van der Waals surface area contributed by atoms with E-state index in [9.17, 15) is 0 Å². The van der Waals surface area contributed by atoms with Crippen molar-refractivity contribution in [3.05, 3.63) is 9.26 Å². The number of aromatic nitrogens is 2. The van der Waals surface area contributed by atoms with Gasteiger partial charge in [0.15, 0.2) is 0 Å². The normalized spacial score (nSPS) is 13.7. The van der Waals surface area contributed by atoms with Crippen LogP contribution in [0.5, 0.6) is 0 Å². The second-order valence-corrected chi connectivity index (χ2v) is 4.79. The number of nitrogen functional groups attached to an aromatic ring is 1. The summed E-state index contributed by atoms with van der Waals surface area (Å²) in [5.41, 5.74) is 6.95. The largest absolute Gasteiger partial charge is 0.383 e. The van der Waals surface area contributed by atoms with Crippen LogP contribution in [0.25, 0.3) is 0 Å². The molecule has 0 aliphatic rings. The van der Waals surface area contributed by atoms with Gasteiger partial charge in [-0.2, -0.15) is 5.10 Å². The van der Waals surface area contributed by atoms with Crippen LogP contribution in [-0.2, 0) is 0 Å². The first-order valence-corrected chi connectivity index (χ1v) is 5.53. The Kier molecular flexibility index (Phi) is 3.21. The van der Waals surface area contributed by atoms with Crippen LogP contribution < -0.4 is 5.73 Å². The van der Waals surface area contributed by atoms with E-state index < -0.39 is 0 Å². The third kappa shape index (κ3) is 1.98. The Hall–Kier alpha value is -0.260. The molecule has 1 unspecified atom stereocenters. The molecular weight excluding hydrogens is 277 g/mol. The molecule has 0 saturated carbocycles. The summed E-state index contributed by atoms with van der Waals surface area (Å²) in [6.45, 7) is 8.48. The molecule has 74 valence electrons. The van der Waals surface area contributed by atoms with Crippen LogP contribution in [0.2, 0.25) is 0 Å². The lowest BCUT2D eigenvalue weighted by atomic mass is 10.1. The van der Waals surface area contributed by atoms with E-state index in [0.29, 0.717) is 12.0 Å². The van der Waals surface area contributed by atoms with Crippen molar-refractivity contribution in [1.29, 1.82) is 0 Å². The number of anilines is 1. The van der Waals surface area contributed by atoms with E-state index in [4.69, 9.17) is 5.73 Å². The highest BCUT2D eigenvalue weighted by molar-refractivity contribution is 14.1. The Labute approximate surface area is 92.8 Å². The van der Waals surface area contributed by atoms with Crippen LogP contribution >= 0.6 is 22.6 Å². The molecular formula is C9H16IN3. The minimum atomic E-state index is 0.363. The highest BCUT2D eigenvalue weighted by Gasteiger charge is 2.16. The number of rotatable bonds is 2. The summed E-state index contributed by atoms with van der Waals surface area (Å²) in [4.78, 5) is 0. The van der Waals surface area contributed by atoms with E-state index in [1.807, 2.05) is 11.6 Å². The zero-order valence-electron chi connectivity index (χ0n) is 8.50. The second-order valence-electron chi connectivity index (χ2n) is 3.71. The molecule has 2 N–H and O–H groups in total. The predicted octanol–water partition coefficient (Wildman–Crippen LogP) is 2.60. The van der Waals surface area contributed by atoms with Crippen LogP contribution in [0.3, 0.4) is 0 Å². The lowest BCUT2D eigenvalue weighted by molar-refractivity contribution is 0.379. The number of nitrogens with two attached hydrogens (primary N) is 1. The average molecular weight is 293 g/mol. The molecule has 0 aliphatic heterocycles. The maximum absolute atomic E-state index is 5.94. The zero-order chi connectivity index (χ0) is 10.2. The van der Waals surface area contributed by atoms with E-state index in [-0.39, 0.29) is 0 Å². The van der Waals surface area contributed by atoms with Gasteiger partial charge < -0.3 is 5.73 Å². The van der Waals surface area contributed by atoms with Crippen LogP contribution in [-0.4, -0.2) is 9.78 Å². The standard InChI is InChI=1S/C9H16IN3/c1-5(2)7(4)13-9(11)8(10)6(3)12-13/h5,7H,11H2,1-4H3. The van der Waals surface area contributed by atoms with Gasteiger partial charge in [-0.15, -0.1) is 0 Å². The molecule has 1 heterocycles. The van der Waals surface area contributed by atoms with Crippen LogP contribution in [0.4, 0.5) is 5.82 Å². The molecule has 0 aliphatic carbocycles. The van der Waals surface area contributed by atoms with Crippen molar-refractivity contribution in [3.63, 3.8) is 0 Å². The second kappa shape index (κ2) is 3.86. The van der Waals surface area contributed by atoms with Gasteiger partial charge in [-0.3, -0.25) is 0 Å². The van der Waals surface area contributed by atoms with Crippen molar-refractivity contribution in [2.24, 2.45) is 5.92 Å². The van der Waals surface area contributed by atoms with Crippen molar-refractivity contribution in [1.82, 2.24) is 9.78 Å². The Balaban J connectivity index is 3.08. The SMILES string of the molecule is Cc1nn(C(C)C(C)C)c(N)c1I. The Morgan fingerprint density at radius 1 is 1.38 bits per heavy atom. The van der Waals surface area contributed by atoms with E-state index >= 15 is 0 Å². The zero-order valence-corrected chi connectivity index (χ0v) is 10.7. The topological polar surface area (TPSA) is 43.8 Å². The summed E-state index contributed by atoms with van der Waals surface area (Å²) in [5.74, 6) is 1.34. The van der Waals surface area contributed by atoms with E-state index in [0.717, 1.165) is 15.1 Å². The molecule has 4 heteroatoms. The van der Waals surface area contributed by atoms with Gasteiger partial charge in [-0.05, 0) is 42.4 Å². The first-order chi connectivity index (χ1) is 5.95. The molecule has 0 spiro atoms. The number of halogens is 1. The smallest absolute Gasteiger partial charge is 0.135 e. The molecule has 0 bridgehead atoms. The van der Waals surface area contributed by atoms with Crippen LogP contribution in [0.1, 0.15) is 32.5 Å². The lowest BCUT2D eigenvalue weighted by Crippen LogP contribution is -2.15. The summed E-state index contributed by atoms with van der Waals surface area (Å²) < 4.78 is 2.99. The Morgan fingerprint density at radius 3 is 2.23 bits per heavy atom. The molecule has 0 radical (unpaired) electrons. The van der Waals surface area contributed by atoms with Crippen LogP contribution in [0.15, 0.2) is 0 Å². The van der Waals surface area contributed by atoms with Gasteiger partial charge in [0.2, 0.25) is 0 Å². The monoisotopic (exact) mass is 293 g/mol. The molecule has 13 heavy (non-hydrogen) atoms. The van der Waals surface area contributed by atoms with Gasteiger partial charge in [-0.1, -0.05) is 13.8 Å². The van der Waals surface area contributed by atoms with E-state index in [1.54, 1.807) is 0 Å². The van der Waals surface area contributed by atoms with Gasteiger partial charge in [0.05, 0.1) is 15.3 Å². The van der Waals surface area contributed by atoms with Crippen molar-refractivity contribution in [2.75, 3.05) is 5.73 Å². The summed E-state index contributed by atoms with van der Waals surface area (Å²) in [5, 5.41) is 4.42. The van der Waals surface area contributed by atoms with Crippen molar-refractivity contribution in [3.8, 4) is 0 Å². The fraction of sp³-hybridized carbons (Fsp3) is 0.667. The van der Waals surface area contributed by atoms with Crippen molar-refractivity contribution >= 4 is 28.4 Å². The first kappa shape index (κ1) is 10.8. The molecule has 1 atom stereocenters. The maximum atomic E-state index is 5.94. The molecule has 0 saturated heterocycles. The summed E-state index contributed by atoms with van der Waals surface area (Å²) >= 11 is 2.24. The molecule has 0 amide bonds. The van der Waals surface area contributed by atoms with Crippen molar-refractivity contribution in [2.45, 2.75) is 33.7 Å². The summed E-state index contributed by atoms with van der Waals surface area (Å²) in [7, 11) is 0. The van der Waals surface area contributed by atoms with Gasteiger partial charge >= 0.3 is 0 Å². The maximum Gasteiger partial charge on any atom is 0.135 e. The highest BCUT2D eigenvalue weighted by Crippen LogP contribution is 2.25. The molecule has 1 aromatic rings. The Bertz CT molecular complexity index is 304. The number of nitrogens with zero attached hydrogens (tertiary/aromatic N) is 2. The van der Waals surface area contributed by atoms with Gasteiger partial charge in [0.1, 0.15) is 5.82 Å². The molecule has 3 nitrogen and oxygen atoms in total. The number of aryl methyl sites for hydroxylation is 1. The minimum Gasteiger partial charge on any atom is -0.383 e. The minimum absolute atomic E-state index is 0.363. The van der Waals surface area contributed by atoms with Gasteiger partial charge in [0.25, 0.3) is 0 Å². The highest BCUT2D eigenvalue weighted by atomic mass is 127. The fourth-order valence-corrected chi connectivity index (χ4v) is 1.49. The summed E-state index contributed by atoms with van der Waals surface area (Å²) in [6, 6.07) is 0.363. The third-order valence-electron chi connectivity index (χ3n) is 2.40. The summed E-state index contributed by atoms with van der Waals surface area (Å²) in [6.07, 6.45) is 0. The molecule has 1 aromatic heterocycles. The van der Waals surface area contributed by atoms with Crippen molar-refractivity contribution < 1.29 is 0 Å². The third-order valence-corrected chi connectivity index (χ3v) is 3.73. The average Bonchev–Trinajstić information content (AvgIpc) is 2.31. The first-order valence-electron chi connectivity index (χ1n) is 4.45.